The number of hydrogen-bond acceptors (Lipinski definition) is 8. The van der Waals surface area contributed by atoms with Crippen LogP contribution in [-0.2, 0) is 16.0 Å². The van der Waals surface area contributed by atoms with E-state index in [0.717, 1.165) is 57.6 Å². The van der Waals surface area contributed by atoms with Crippen molar-refractivity contribution < 1.29 is 19.1 Å². The fourth-order valence-corrected chi connectivity index (χ4v) is 6.68. The molecule has 6 saturated heterocycles. The normalized spacial score (nSPS) is 31.0. The second-order valence-corrected chi connectivity index (χ2v) is 14.4. The highest BCUT2D eigenvalue weighted by Crippen LogP contribution is 2.29. The molecule has 7 rings (SSSR count). The summed E-state index contributed by atoms with van der Waals surface area (Å²) in [4.78, 5) is 29.7. The van der Waals surface area contributed by atoms with Gasteiger partial charge >= 0.3 is 12.2 Å². The molecule has 10 nitrogen and oxygen atoms in total. The molecule has 10 heteroatoms. The van der Waals surface area contributed by atoms with Crippen LogP contribution in [0.2, 0.25) is 0 Å². The summed E-state index contributed by atoms with van der Waals surface area (Å²) < 4.78 is 10.6. The second kappa shape index (κ2) is 12.7. The van der Waals surface area contributed by atoms with Crippen LogP contribution in [0.25, 0.3) is 0 Å². The Hall–Kier alpha value is -2.40. The van der Waals surface area contributed by atoms with Gasteiger partial charge in [0, 0.05) is 56.9 Å². The number of amides is 2. The van der Waals surface area contributed by atoms with Gasteiger partial charge in [-0.3, -0.25) is 4.90 Å². The van der Waals surface area contributed by atoms with Crippen molar-refractivity contribution in [3.05, 3.63) is 35.9 Å². The molecular formula is C32H52N6O4. The smallest absolute Gasteiger partial charge is 0.410 e. The van der Waals surface area contributed by atoms with Gasteiger partial charge < -0.3 is 35.2 Å². The molecule has 2 amide bonds. The van der Waals surface area contributed by atoms with Gasteiger partial charge in [0.2, 0.25) is 0 Å². The highest BCUT2D eigenvalue weighted by Gasteiger charge is 2.46. The third-order valence-corrected chi connectivity index (χ3v) is 8.94. The van der Waals surface area contributed by atoms with Gasteiger partial charge in [0.1, 0.15) is 11.2 Å². The van der Waals surface area contributed by atoms with Crippen LogP contribution in [0.5, 0.6) is 0 Å². The summed E-state index contributed by atoms with van der Waals surface area (Å²) >= 11 is 0. The van der Waals surface area contributed by atoms with Crippen LogP contribution < -0.4 is 16.0 Å². The summed E-state index contributed by atoms with van der Waals surface area (Å²) in [5, 5.41) is 10.2. The van der Waals surface area contributed by atoms with Gasteiger partial charge in [0.15, 0.2) is 0 Å². The first kappa shape index (κ1) is 31.0. The fourth-order valence-electron chi connectivity index (χ4n) is 6.68. The van der Waals surface area contributed by atoms with Crippen LogP contribution in [0.3, 0.4) is 0 Å². The van der Waals surface area contributed by atoms with Gasteiger partial charge in [-0.25, -0.2) is 9.59 Å². The largest absolute Gasteiger partial charge is 0.444 e. The molecule has 3 N–H and O–H groups in total. The van der Waals surface area contributed by atoms with E-state index in [1.807, 2.05) is 51.3 Å². The van der Waals surface area contributed by atoms with Gasteiger partial charge in [0.25, 0.3) is 0 Å². The quantitative estimate of drug-likeness (QED) is 0.488. The average molecular weight is 585 g/mol. The fraction of sp³-hybridized carbons (Fsp3) is 0.750. The van der Waals surface area contributed by atoms with Gasteiger partial charge in [-0.2, -0.15) is 0 Å². The van der Waals surface area contributed by atoms with E-state index in [2.05, 4.69) is 51.2 Å². The number of benzene rings is 1. The monoisotopic (exact) mass is 584 g/mol. The molecule has 6 atom stereocenters. The Kier molecular flexibility index (Phi) is 9.37. The predicted molar refractivity (Wildman–Crippen MR) is 163 cm³/mol. The molecule has 2 unspecified atom stereocenters. The lowest BCUT2D eigenvalue weighted by Crippen LogP contribution is -2.63. The Morgan fingerprint density at radius 1 is 0.738 bits per heavy atom. The van der Waals surface area contributed by atoms with Crippen LogP contribution in [0.15, 0.2) is 30.3 Å². The molecule has 0 saturated carbocycles. The van der Waals surface area contributed by atoms with E-state index in [-0.39, 0.29) is 23.4 Å². The highest BCUT2D eigenvalue weighted by atomic mass is 16.6. The first-order chi connectivity index (χ1) is 19.9. The molecule has 0 spiro atoms. The first-order valence-electron chi connectivity index (χ1n) is 15.9. The van der Waals surface area contributed by atoms with E-state index < -0.39 is 0 Å². The molecule has 42 heavy (non-hydrogen) atoms. The Labute approximate surface area is 251 Å². The molecule has 0 aliphatic carbocycles. The molecule has 6 aliphatic heterocycles. The lowest BCUT2D eigenvalue weighted by Gasteiger charge is -2.44. The molecule has 234 valence electrons. The Morgan fingerprint density at radius 2 is 1.33 bits per heavy atom. The third kappa shape index (κ3) is 7.56. The average Bonchev–Trinajstić information content (AvgIpc) is 3.51. The number of ether oxygens (including phenoxy) is 2. The maximum Gasteiger partial charge on any atom is 0.410 e. The van der Waals surface area contributed by atoms with Gasteiger partial charge in [0.05, 0.1) is 12.1 Å². The molecule has 6 fully saturated rings. The van der Waals surface area contributed by atoms with E-state index in [1.54, 1.807) is 0 Å². The van der Waals surface area contributed by atoms with Crippen molar-refractivity contribution in [1.82, 2.24) is 30.7 Å². The van der Waals surface area contributed by atoms with Crippen molar-refractivity contribution in [2.45, 2.75) is 115 Å². The summed E-state index contributed by atoms with van der Waals surface area (Å²) in [6.45, 7) is 18.5. The maximum absolute atomic E-state index is 11.7. The van der Waals surface area contributed by atoms with Crippen molar-refractivity contribution in [2.24, 2.45) is 0 Å². The standard InChI is InChI=1S/C12H16N2.2C10H18N2O2/c1-2-4-10(5-3-1)8-14-9-11-12(14)6-7-13-11;1-10(2,3)14-9(13)12-6-7-8(12)4-5-11-7;1-10(2,3)14-9(13)12-5-4-7-8(12)6-11-7/h1-5,11-13H,6-9H2;2*7-8,11H,4-6H2,1-3H3/t11-,12-;7-,8-;/m00./s1. The van der Waals surface area contributed by atoms with E-state index in [1.165, 1.54) is 25.1 Å². The van der Waals surface area contributed by atoms with Gasteiger partial charge in [-0.1, -0.05) is 30.3 Å². The molecule has 0 aromatic heterocycles. The minimum Gasteiger partial charge on any atom is -0.444 e. The van der Waals surface area contributed by atoms with E-state index >= 15 is 0 Å². The Morgan fingerprint density at radius 3 is 1.86 bits per heavy atom. The minimum absolute atomic E-state index is 0.161. The molecule has 6 heterocycles. The number of nitrogens with one attached hydrogen (secondary N) is 3. The highest BCUT2D eigenvalue weighted by molar-refractivity contribution is 5.70. The zero-order valence-electron chi connectivity index (χ0n) is 26.4. The maximum atomic E-state index is 11.7. The van der Waals surface area contributed by atoms with Gasteiger partial charge in [-0.05, 0) is 79.5 Å². The number of hydrogen-bond donors (Lipinski definition) is 3. The Balaban J connectivity index is 0.000000126. The molecule has 1 aromatic carbocycles. The summed E-state index contributed by atoms with van der Waals surface area (Å²) in [6, 6.07) is 14.2. The second-order valence-electron chi connectivity index (χ2n) is 14.4. The van der Waals surface area contributed by atoms with Crippen LogP contribution in [0.1, 0.15) is 66.4 Å². The van der Waals surface area contributed by atoms with Crippen LogP contribution in [-0.4, -0.2) is 114 Å². The summed E-state index contributed by atoms with van der Waals surface area (Å²) in [6.07, 6.45) is 3.12. The van der Waals surface area contributed by atoms with Crippen LogP contribution >= 0.6 is 0 Å². The lowest BCUT2D eigenvalue weighted by molar-refractivity contribution is -0.00937. The molecule has 0 bridgehead atoms. The lowest BCUT2D eigenvalue weighted by atomic mass is 9.97. The van der Waals surface area contributed by atoms with E-state index in [4.69, 9.17) is 9.47 Å². The number of carbonyl (C=O) groups is 2. The van der Waals surface area contributed by atoms with Gasteiger partial charge in [-0.15, -0.1) is 0 Å². The topological polar surface area (TPSA) is 98.4 Å². The molecule has 0 radical (unpaired) electrons. The van der Waals surface area contributed by atoms with Crippen molar-refractivity contribution >= 4 is 12.2 Å². The zero-order valence-corrected chi connectivity index (χ0v) is 26.4. The van der Waals surface area contributed by atoms with Crippen molar-refractivity contribution in [2.75, 3.05) is 39.3 Å². The van der Waals surface area contributed by atoms with E-state index in [9.17, 15) is 9.59 Å². The predicted octanol–water partition coefficient (Wildman–Crippen LogP) is 3.17. The van der Waals surface area contributed by atoms with Crippen LogP contribution in [0, 0.1) is 0 Å². The molecule has 1 aromatic rings. The SMILES string of the molecule is CC(C)(C)OC(=O)N1CCC2NCC21.CC(C)(C)OC(=O)N1C[C@@H]2NCC[C@@H]21.c1ccc(CN2C[C@@H]3NCC[C@@H]32)cc1. The summed E-state index contributed by atoms with van der Waals surface area (Å²) in [7, 11) is 0. The number of carbonyl (C=O) groups excluding carboxylic acids is 2. The zero-order chi connectivity index (χ0) is 30.1. The third-order valence-electron chi connectivity index (χ3n) is 8.94. The summed E-state index contributed by atoms with van der Waals surface area (Å²) in [5.74, 6) is 0. The number of nitrogens with zero attached hydrogens (tertiary/aromatic N) is 3. The summed E-state index contributed by atoms with van der Waals surface area (Å²) in [5.41, 5.74) is 0.679. The van der Waals surface area contributed by atoms with Crippen molar-refractivity contribution in [1.29, 1.82) is 0 Å². The minimum atomic E-state index is -0.383. The Bertz CT molecular complexity index is 1070. The number of likely N-dealkylation sites (tertiary alicyclic amines) is 3. The van der Waals surface area contributed by atoms with Crippen molar-refractivity contribution in [3.63, 3.8) is 0 Å². The molecular weight excluding hydrogens is 532 g/mol. The number of rotatable bonds is 2. The van der Waals surface area contributed by atoms with Crippen molar-refractivity contribution in [3.8, 4) is 0 Å². The van der Waals surface area contributed by atoms with E-state index in [0.29, 0.717) is 24.2 Å². The first-order valence-corrected chi connectivity index (χ1v) is 15.9. The molecule has 6 aliphatic rings. The van der Waals surface area contributed by atoms with Crippen LogP contribution in [0.4, 0.5) is 9.59 Å². The number of fused-ring (bicyclic) bond motifs is 3.